The van der Waals surface area contributed by atoms with E-state index in [1.54, 1.807) is 0 Å². The van der Waals surface area contributed by atoms with Crippen LogP contribution in [0.15, 0.2) is 24.3 Å². The van der Waals surface area contributed by atoms with E-state index in [2.05, 4.69) is 19.1 Å². The van der Waals surface area contributed by atoms with Crippen LogP contribution in [0.1, 0.15) is 44.6 Å². The van der Waals surface area contributed by atoms with Gasteiger partial charge in [0.2, 0.25) is 0 Å². The van der Waals surface area contributed by atoms with Gasteiger partial charge in [0.25, 0.3) is 0 Å². The number of rotatable bonds is 5. The summed E-state index contributed by atoms with van der Waals surface area (Å²) in [6.45, 7) is 2.21. The van der Waals surface area contributed by atoms with E-state index in [4.69, 9.17) is 4.74 Å². The Morgan fingerprint density at radius 1 is 1.24 bits per heavy atom. The molecular weight excluding hydrogens is 212 g/mol. The molecule has 1 aromatic carbocycles. The molecule has 1 aliphatic carbocycles. The molecule has 2 heteroatoms. The second-order valence-electron chi connectivity index (χ2n) is 4.90. The lowest BCUT2D eigenvalue weighted by molar-refractivity contribution is 0.0604. The summed E-state index contributed by atoms with van der Waals surface area (Å²) in [4.78, 5) is 0. The summed E-state index contributed by atoms with van der Waals surface area (Å²) in [5, 5.41) is 9.70. The number of aryl methyl sites for hydroxylation is 1. The molecule has 94 valence electrons. The predicted molar refractivity (Wildman–Crippen MR) is 69.3 cm³/mol. The molecule has 17 heavy (non-hydrogen) atoms. The van der Waals surface area contributed by atoms with E-state index in [0.29, 0.717) is 0 Å². The largest absolute Gasteiger partial charge is 0.488 e. The molecule has 0 spiro atoms. The molecule has 2 atom stereocenters. The summed E-state index contributed by atoms with van der Waals surface area (Å²) < 4.78 is 5.80. The van der Waals surface area contributed by atoms with E-state index < -0.39 is 0 Å². The number of aliphatic hydroxyl groups excluding tert-OH is 1. The van der Waals surface area contributed by atoms with Crippen molar-refractivity contribution in [1.29, 1.82) is 0 Å². The normalized spacial score (nSPS) is 23.9. The summed E-state index contributed by atoms with van der Waals surface area (Å²) in [5.74, 6) is 0.885. The number of aliphatic hydroxyl groups is 1. The summed E-state index contributed by atoms with van der Waals surface area (Å²) in [5.41, 5.74) is 1.37. The Morgan fingerprint density at radius 2 is 2.00 bits per heavy atom. The Bertz CT molecular complexity index is 331. The summed E-state index contributed by atoms with van der Waals surface area (Å²) in [6.07, 6.45) is 6.24. The minimum atomic E-state index is -0.283. The van der Waals surface area contributed by atoms with Gasteiger partial charge in [-0.05, 0) is 49.8 Å². The van der Waals surface area contributed by atoms with E-state index in [-0.39, 0.29) is 12.2 Å². The maximum atomic E-state index is 9.70. The molecule has 0 unspecified atom stereocenters. The average molecular weight is 234 g/mol. The van der Waals surface area contributed by atoms with Gasteiger partial charge in [-0.1, -0.05) is 25.5 Å². The Labute approximate surface area is 104 Å². The molecule has 0 heterocycles. The Balaban J connectivity index is 1.89. The maximum Gasteiger partial charge on any atom is 0.124 e. The topological polar surface area (TPSA) is 29.5 Å². The zero-order chi connectivity index (χ0) is 12.1. The van der Waals surface area contributed by atoms with Gasteiger partial charge in [-0.3, -0.25) is 0 Å². The van der Waals surface area contributed by atoms with Gasteiger partial charge < -0.3 is 9.84 Å². The first kappa shape index (κ1) is 12.4. The minimum absolute atomic E-state index is 0.00325. The molecule has 0 aromatic heterocycles. The van der Waals surface area contributed by atoms with Gasteiger partial charge in [-0.25, -0.2) is 0 Å². The zero-order valence-electron chi connectivity index (χ0n) is 10.6. The molecular formula is C15H22O2. The van der Waals surface area contributed by atoms with Crippen LogP contribution in [0.5, 0.6) is 5.75 Å². The first-order valence-electron chi connectivity index (χ1n) is 6.73. The third-order valence-electron chi connectivity index (χ3n) is 3.45. The van der Waals surface area contributed by atoms with Crippen LogP contribution in [0.3, 0.4) is 0 Å². The van der Waals surface area contributed by atoms with E-state index in [9.17, 15) is 5.11 Å². The van der Waals surface area contributed by atoms with Gasteiger partial charge in [0.15, 0.2) is 0 Å². The van der Waals surface area contributed by atoms with Crippen molar-refractivity contribution in [3.63, 3.8) is 0 Å². The Morgan fingerprint density at radius 3 is 2.59 bits per heavy atom. The van der Waals surface area contributed by atoms with Gasteiger partial charge in [-0.15, -0.1) is 0 Å². The smallest absolute Gasteiger partial charge is 0.124 e. The molecule has 0 amide bonds. The van der Waals surface area contributed by atoms with Crippen LogP contribution in [0.4, 0.5) is 0 Å². The Kier molecular flexibility index (Phi) is 4.43. The number of benzene rings is 1. The average Bonchev–Trinajstić information content (AvgIpc) is 2.74. The molecule has 0 bridgehead atoms. The SMILES string of the molecule is CCCCc1ccc(O[C@H]2CCC[C@@H]2O)cc1. The Hall–Kier alpha value is -1.02. The lowest BCUT2D eigenvalue weighted by atomic mass is 10.1. The van der Waals surface area contributed by atoms with Gasteiger partial charge in [0.05, 0.1) is 6.10 Å². The fraction of sp³-hybridized carbons (Fsp3) is 0.600. The van der Waals surface area contributed by atoms with Crippen LogP contribution < -0.4 is 4.74 Å². The van der Waals surface area contributed by atoms with Gasteiger partial charge >= 0.3 is 0 Å². The third-order valence-corrected chi connectivity index (χ3v) is 3.45. The van der Waals surface area contributed by atoms with Crippen molar-refractivity contribution < 1.29 is 9.84 Å². The van der Waals surface area contributed by atoms with E-state index in [0.717, 1.165) is 31.4 Å². The molecule has 1 N–H and O–H groups in total. The number of ether oxygens (including phenoxy) is 1. The molecule has 2 rings (SSSR count). The van der Waals surface area contributed by atoms with Crippen LogP contribution in [0.25, 0.3) is 0 Å². The van der Waals surface area contributed by atoms with Crippen LogP contribution >= 0.6 is 0 Å². The number of hydrogen-bond acceptors (Lipinski definition) is 2. The van der Waals surface area contributed by atoms with Crippen molar-refractivity contribution in [2.45, 2.75) is 57.7 Å². The second kappa shape index (κ2) is 6.06. The van der Waals surface area contributed by atoms with Gasteiger partial charge in [-0.2, -0.15) is 0 Å². The van der Waals surface area contributed by atoms with Crippen LogP contribution in [0, 0.1) is 0 Å². The van der Waals surface area contributed by atoms with Gasteiger partial charge in [0.1, 0.15) is 11.9 Å². The minimum Gasteiger partial charge on any atom is -0.488 e. The van der Waals surface area contributed by atoms with Crippen molar-refractivity contribution in [2.75, 3.05) is 0 Å². The highest BCUT2D eigenvalue weighted by Crippen LogP contribution is 2.25. The summed E-state index contributed by atoms with van der Waals surface area (Å²) in [7, 11) is 0. The number of hydrogen-bond donors (Lipinski definition) is 1. The zero-order valence-corrected chi connectivity index (χ0v) is 10.6. The second-order valence-corrected chi connectivity index (χ2v) is 4.90. The monoisotopic (exact) mass is 234 g/mol. The van der Waals surface area contributed by atoms with Crippen molar-refractivity contribution in [3.05, 3.63) is 29.8 Å². The highest BCUT2D eigenvalue weighted by atomic mass is 16.5. The van der Waals surface area contributed by atoms with E-state index in [1.807, 2.05) is 12.1 Å². The fourth-order valence-corrected chi connectivity index (χ4v) is 2.33. The molecule has 1 fully saturated rings. The molecule has 0 radical (unpaired) electrons. The van der Waals surface area contributed by atoms with E-state index >= 15 is 0 Å². The highest BCUT2D eigenvalue weighted by Gasteiger charge is 2.26. The molecule has 0 saturated heterocycles. The molecule has 1 saturated carbocycles. The maximum absolute atomic E-state index is 9.70. The molecule has 1 aliphatic rings. The van der Waals surface area contributed by atoms with Crippen LogP contribution in [-0.4, -0.2) is 17.3 Å². The molecule has 2 nitrogen and oxygen atoms in total. The van der Waals surface area contributed by atoms with Crippen LogP contribution in [-0.2, 0) is 6.42 Å². The first-order valence-corrected chi connectivity index (χ1v) is 6.73. The highest BCUT2D eigenvalue weighted by molar-refractivity contribution is 5.27. The van der Waals surface area contributed by atoms with Crippen molar-refractivity contribution in [3.8, 4) is 5.75 Å². The van der Waals surface area contributed by atoms with E-state index in [1.165, 1.54) is 18.4 Å². The lowest BCUT2D eigenvalue weighted by Gasteiger charge is -2.17. The van der Waals surface area contributed by atoms with Crippen molar-refractivity contribution in [1.82, 2.24) is 0 Å². The van der Waals surface area contributed by atoms with Crippen molar-refractivity contribution >= 4 is 0 Å². The van der Waals surface area contributed by atoms with Crippen LogP contribution in [0.2, 0.25) is 0 Å². The van der Waals surface area contributed by atoms with Crippen molar-refractivity contribution in [2.24, 2.45) is 0 Å². The number of unbranched alkanes of at least 4 members (excludes halogenated alkanes) is 1. The third kappa shape index (κ3) is 3.47. The quantitative estimate of drug-likeness (QED) is 0.847. The van der Waals surface area contributed by atoms with Gasteiger partial charge in [0, 0.05) is 0 Å². The lowest BCUT2D eigenvalue weighted by Crippen LogP contribution is -2.25. The molecule has 1 aromatic rings. The predicted octanol–water partition coefficient (Wildman–Crippen LogP) is 3.32. The standard InChI is InChI=1S/C15H22O2/c1-2-3-5-12-8-10-13(11-9-12)17-15-7-4-6-14(15)16/h8-11,14-16H,2-7H2,1H3/t14-,15-/m0/s1. The summed E-state index contributed by atoms with van der Waals surface area (Å²) >= 11 is 0. The first-order chi connectivity index (χ1) is 8.29. The molecule has 0 aliphatic heterocycles. The summed E-state index contributed by atoms with van der Waals surface area (Å²) in [6, 6.07) is 8.31. The fourth-order valence-electron chi connectivity index (χ4n) is 2.33.